The van der Waals surface area contributed by atoms with Crippen LogP contribution in [-0.4, -0.2) is 25.8 Å². The van der Waals surface area contributed by atoms with Crippen LogP contribution in [0.5, 0.6) is 0 Å². The Kier molecular flexibility index (Phi) is 5.60. The van der Waals surface area contributed by atoms with E-state index >= 15 is 0 Å². The molecule has 2 N–H and O–H groups in total. The summed E-state index contributed by atoms with van der Waals surface area (Å²) in [7, 11) is 1.89. The molecule has 0 amide bonds. The van der Waals surface area contributed by atoms with Crippen LogP contribution in [0, 0.1) is 5.92 Å². The molecule has 0 saturated heterocycles. The molecule has 1 aromatic carbocycles. The molecule has 150 valence electrons. The second-order valence-corrected chi connectivity index (χ2v) is 7.87. The van der Waals surface area contributed by atoms with Gasteiger partial charge < -0.3 is 10.4 Å². The summed E-state index contributed by atoms with van der Waals surface area (Å²) in [6, 6.07) is 14.6. The van der Waals surface area contributed by atoms with Crippen LogP contribution in [0.25, 0.3) is 11.3 Å². The Bertz CT molecular complexity index is 955. The first-order chi connectivity index (χ1) is 14.1. The zero-order valence-electron chi connectivity index (χ0n) is 16.6. The van der Waals surface area contributed by atoms with Crippen molar-refractivity contribution in [2.24, 2.45) is 13.0 Å². The smallest absolute Gasteiger partial charge is 0.303 e. The minimum absolute atomic E-state index is 0.308. The average molecular weight is 390 g/mol. The highest BCUT2D eigenvalue weighted by molar-refractivity contribution is 5.67. The summed E-state index contributed by atoms with van der Waals surface area (Å²) < 4.78 is 1.75. The number of carbonyl (C=O) groups is 1. The quantitative estimate of drug-likeness (QED) is 0.621. The molecular formula is C23H26N4O2. The van der Waals surface area contributed by atoms with Gasteiger partial charge in [-0.05, 0) is 55.2 Å². The number of hydrogen-bond acceptors (Lipinski definition) is 4. The molecule has 6 nitrogen and oxygen atoms in total. The van der Waals surface area contributed by atoms with E-state index in [-0.39, 0.29) is 0 Å². The fraction of sp³-hybridized carbons (Fsp3) is 0.348. The van der Waals surface area contributed by atoms with Gasteiger partial charge in [0.25, 0.3) is 0 Å². The molecular weight excluding hydrogens is 364 g/mol. The summed E-state index contributed by atoms with van der Waals surface area (Å²) >= 11 is 0. The number of hydrogen-bond donors (Lipinski definition) is 2. The molecule has 2 heterocycles. The normalized spacial score (nSPS) is 19.1. The van der Waals surface area contributed by atoms with Gasteiger partial charge in [0, 0.05) is 31.3 Å². The number of nitrogens with zero attached hydrogens (tertiary/aromatic N) is 3. The Morgan fingerprint density at radius 1 is 1.10 bits per heavy atom. The highest BCUT2D eigenvalue weighted by atomic mass is 16.4. The number of aliphatic carboxylic acids is 1. The maximum Gasteiger partial charge on any atom is 0.303 e. The van der Waals surface area contributed by atoms with Crippen molar-refractivity contribution >= 4 is 17.5 Å². The molecule has 29 heavy (non-hydrogen) atoms. The van der Waals surface area contributed by atoms with E-state index in [9.17, 15) is 4.79 Å². The fourth-order valence-corrected chi connectivity index (χ4v) is 4.14. The van der Waals surface area contributed by atoms with Crippen LogP contribution in [0.3, 0.4) is 0 Å². The van der Waals surface area contributed by atoms with Gasteiger partial charge in [-0.25, -0.2) is 0 Å². The van der Waals surface area contributed by atoms with Crippen molar-refractivity contribution in [2.45, 2.75) is 38.0 Å². The van der Waals surface area contributed by atoms with Crippen molar-refractivity contribution in [3.63, 3.8) is 0 Å². The van der Waals surface area contributed by atoms with Gasteiger partial charge in [0.1, 0.15) is 0 Å². The lowest BCUT2D eigenvalue weighted by Gasteiger charge is -2.28. The van der Waals surface area contributed by atoms with E-state index in [0.717, 1.165) is 48.4 Å². The van der Waals surface area contributed by atoms with Crippen molar-refractivity contribution < 1.29 is 9.90 Å². The first-order valence-electron chi connectivity index (χ1n) is 10.1. The van der Waals surface area contributed by atoms with E-state index in [0.29, 0.717) is 18.3 Å². The van der Waals surface area contributed by atoms with Crippen LogP contribution in [0.4, 0.5) is 11.5 Å². The summed E-state index contributed by atoms with van der Waals surface area (Å²) in [5, 5.41) is 16.5. The van der Waals surface area contributed by atoms with Gasteiger partial charge in [0.15, 0.2) is 5.82 Å². The second kappa shape index (κ2) is 8.47. The second-order valence-electron chi connectivity index (χ2n) is 7.87. The van der Waals surface area contributed by atoms with Crippen molar-refractivity contribution in [1.29, 1.82) is 0 Å². The molecule has 1 aliphatic rings. The number of carboxylic acids is 1. The molecule has 1 fully saturated rings. The Morgan fingerprint density at radius 2 is 1.86 bits per heavy atom. The van der Waals surface area contributed by atoms with E-state index in [1.807, 2.05) is 37.6 Å². The number of carboxylic acid groups (broad SMARTS) is 1. The highest BCUT2D eigenvalue weighted by Gasteiger charge is 2.23. The Morgan fingerprint density at radius 3 is 2.45 bits per heavy atom. The number of nitrogens with one attached hydrogen (secondary N) is 1. The number of anilines is 2. The lowest BCUT2D eigenvalue weighted by atomic mass is 9.77. The van der Waals surface area contributed by atoms with E-state index in [4.69, 9.17) is 5.11 Å². The standard InChI is InChI=1S/C23H26N4O2/c1-27-13-12-22(26-27)25-20-10-11-21(24-15-20)19-8-6-18(7-9-19)17-4-2-16(3-5-17)14-23(28)29/h6-13,15-17H,2-5,14H2,1H3,(H,25,26)(H,28,29)/t16-,17+. The summed E-state index contributed by atoms with van der Waals surface area (Å²) in [5.74, 6) is 0.994. The molecule has 6 heteroatoms. The van der Waals surface area contributed by atoms with Gasteiger partial charge in [0.05, 0.1) is 17.6 Å². The molecule has 0 spiro atoms. The summed E-state index contributed by atoms with van der Waals surface area (Å²) in [5.41, 5.74) is 4.28. The van der Waals surface area contributed by atoms with Crippen molar-refractivity contribution in [3.8, 4) is 11.3 Å². The van der Waals surface area contributed by atoms with Crippen LogP contribution in [0.1, 0.15) is 43.6 Å². The lowest BCUT2D eigenvalue weighted by molar-refractivity contribution is -0.138. The Labute approximate surface area is 170 Å². The van der Waals surface area contributed by atoms with E-state index in [2.05, 4.69) is 39.7 Å². The van der Waals surface area contributed by atoms with Gasteiger partial charge in [-0.15, -0.1) is 0 Å². The van der Waals surface area contributed by atoms with Gasteiger partial charge in [0.2, 0.25) is 0 Å². The molecule has 0 atom stereocenters. The summed E-state index contributed by atoms with van der Waals surface area (Å²) in [4.78, 5) is 15.5. The first-order valence-corrected chi connectivity index (χ1v) is 10.1. The first kappa shape index (κ1) is 19.2. The number of aromatic nitrogens is 3. The molecule has 2 aromatic heterocycles. The molecule has 1 aliphatic carbocycles. The van der Waals surface area contributed by atoms with Gasteiger partial charge in [-0.1, -0.05) is 24.3 Å². The summed E-state index contributed by atoms with van der Waals surface area (Å²) in [6.45, 7) is 0. The van der Waals surface area contributed by atoms with Gasteiger partial charge >= 0.3 is 5.97 Å². The molecule has 0 aliphatic heterocycles. The lowest BCUT2D eigenvalue weighted by Crippen LogP contribution is -2.16. The van der Waals surface area contributed by atoms with Crippen molar-refractivity contribution in [1.82, 2.24) is 14.8 Å². The zero-order valence-corrected chi connectivity index (χ0v) is 16.6. The summed E-state index contributed by atoms with van der Waals surface area (Å²) in [6.07, 6.45) is 8.18. The van der Waals surface area contributed by atoms with E-state index < -0.39 is 5.97 Å². The maximum atomic E-state index is 10.9. The molecule has 0 radical (unpaired) electrons. The Balaban J connectivity index is 1.37. The van der Waals surface area contributed by atoms with E-state index in [1.165, 1.54) is 5.56 Å². The van der Waals surface area contributed by atoms with Crippen LogP contribution < -0.4 is 5.32 Å². The van der Waals surface area contributed by atoms with Gasteiger partial charge in [-0.2, -0.15) is 5.10 Å². The number of rotatable bonds is 6. The van der Waals surface area contributed by atoms with E-state index in [1.54, 1.807) is 4.68 Å². The highest BCUT2D eigenvalue weighted by Crippen LogP contribution is 2.37. The Hall–Kier alpha value is -3.15. The number of pyridine rings is 1. The molecule has 0 bridgehead atoms. The van der Waals surface area contributed by atoms with Crippen LogP contribution in [-0.2, 0) is 11.8 Å². The monoisotopic (exact) mass is 390 g/mol. The predicted molar refractivity (Wildman–Crippen MR) is 113 cm³/mol. The average Bonchev–Trinajstić information content (AvgIpc) is 3.13. The minimum Gasteiger partial charge on any atom is -0.481 e. The van der Waals surface area contributed by atoms with Crippen LogP contribution >= 0.6 is 0 Å². The molecule has 3 aromatic rings. The third kappa shape index (κ3) is 4.83. The maximum absolute atomic E-state index is 10.9. The number of aryl methyl sites for hydroxylation is 1. The molecule has 4 rings (SSSR count). The third-order valence-corrected chi connectivity index (χ3v) is 5.74. The SMILES string of the molecule is Cn1ccc(Nc2ccc(-c3ccc([C@H]4CC[C@@H](CC(=O)O)CC4)cc3)nc2)n1. The van der Waals surface area contributed by atoms with Crippen LogP contribution in [0.2, 0.25) is 0 Å². The third-order valence-electron chi connectivity index (χ3n) is 5.74. The van der Waals surface area contributed by atoms with Gasteiger partial charge in [-0.3, -0.25) is 14.5 Å². The topological polar surface area (TPSA) is 80.0 Å². The van der Waals surface area contributed by atoms with Crippen molar-refractivity contribution in [2.75, 3.05) is 5.32 Å². The number of benzene rings is 1. The largest absolute Gasteiger partial charge is 0.481 e. The fourth-order valence-electron chi connectivity index (χ4n) is 4.14. The predicted octanol–water partition coefficient (Wildman–Crippen LogP) is 4.97. The molecule has 1 saturated carbocycles. The van der Waals surface area contributed by atoms with Crippen LogP contribution in [0.15, 0.2) is 54.9 Å². The zero-order chi connectivity index (χ0) is 20.2. The van der Waals surface area contributed by atoms with Crippen molar-refractivity contribution in [3.05, 3.63) is 60.4 Å². The minimum atomic E-state index is -0.674. The molecule has 0 unspecified atom stereocenters.